The Bertz CT molecular complexity index is 1820. The van der Waals surface area contributed by atoms with Crippen LogP contribution in [0.5, 0.6) is 0 Å². The van der Waals surface area contributed by atoms with Crippen LogP contribution >= 0.6 is 15.6 Å². The van der Waals surface area contributed by atoms with Crippen molar-refractivity contribution in [2.45, 2.75) is 394 Å². The van der Waals surface area contributed by atoms with E-state index in [2.05, 4.69) is 48.5 Å². The van der Waals surface area contributed by atoms with E-state index >= 15 is 0 Å². The molecule has 0 radical (unpaired) electrons. The van der Waals surface area contributed by atoms with Gasteiger partial charge in [-0.2, -0.15) is 0 Å². The quantitative estimate of drug-likeness (QED) is 0.0222. The highest BCUT2D eigenvalue weighted by Crippen LogP contribution is 2.45. The van der Waals surface area contributed by atoms with Crippen LogP contribution in [0.2, 0.25) is 0 Å². The smallest absolute Gasteiger partial charge is 0.462 e. The fraction of sp³-hybridized carbons (Fsp3) is 0.946. The zero-order valence-electron chi connectivity index (χ0n) is 60.7. The van der Waals surface area contributed by atoms with Crippen LogP contribution in [0.4, 0.5) is 0 Å². The van der Waals surface area contributed by atoms with Crippen LogP contribution in [-0.4, -0.2) is 96.7 Å². The fourth-order valence-corrected chi connectivity index (χ4v) is 12.8. The van der Waals surface area contributed by atoms with Crippen molar-refractivity contribution in [3.05, 3.63) is 0 Å². The van der Waals surface area contributed by atoms with Crippen molar-refractivity contribution >= 4 is 39.5 Å². The molecule has 6 atom stereocenters. The average molecular weight is 1370 g/mol. The lowest BCUT2D eigenvalue weighted by molar-refractivity contribution is -0.161. The molecule has 0 rings (SSSR count). The molecule has 0 spiro atoms. The molecule has 0 amide bonds. The first-order chi connectivity index (χ1) is 44.8. The van der Waals surface area contributed by atoms with E-state index in [4.69, 9.17) is 37.0 Å². The third-order valence-electron chi connectivity index (χ3n) is 17.5. The van der Waals surface area contributed by atoms with Crippen LogP contribution in [0.25, 0.3) is 0 Å². The molecule has 0 aromatic heterocycles. The maximum Gasteiger partial charge on any atom is 0.472 e. The fourth-order valence-electron chi connectivity index (χ4n) is 11.2. The van der Waals surface area contributed by atoms with Crippen molar-refractivity contribution in [2.24, 2.45) is 17.8 Å². The molecule has 0 saturated carbocycles. The van der Waals surface area contributed by atoms with Gasteiger partial charge in [-0.15, -0.1) is 0 Å². The number of esters is 4. The summed E-state index contributed by atoms with van der Waals surface area (Å²) in [7, 11) is -9.91. The third-order valence-corrected chi connectivity index (χ3v) is 19.4. The van der Waals surface area contributed by atoms with Gasteiger partial charge in [0.15, 0.2) is 12.2 Å². The first-order valence-electron chi connectivity index (χ1n) is 38.4. The van der Waals surface area contributed by atoms with Crippen molar-refractivity contribution < 1.29 is 80.2 Å². The maximum atomic E-state index is 13.1. The summed E-state index contributed by atoms with van der Waals surface area (Å²) in [5.41, 5.74) is 0. The van der Waals surface area contributed by atoms with Gasteiger partial charge >= 0.3 is 39.5 Å². The van der Waals surface area contributed by atoms with Gasteiger partial charge in [-0.1, -0.05) is 325 Å². The minimum atomic E-state index is -4.96. The van der Waals surface area contributed by atoms with E-state index in [1.165, 1.54) is 180 Å². The predicted molar refractivity (Wildman–Crippen MR) is 377 cm³/mol. The maximum absolute atomic E-state index is 13.1. The van der Waals surface area contributed by atoms with Crippen LogP contribution in [0, 0.1) is 17.8 Å². The zero-order chi connectivity index (χ0) is 68.7. The molecule has 0 aliphatic heterocycles. The number of carbonyl (C=O) groups excluding carboxylic acids is 4. The Hall–Kier alpha value is -1.94. The minimum Gasteiger partial charge on any atom is -0.462 e. The molecule has 552 valence electrons. The number of hydrogen-bond acceptors (Lipinski definition) is 15. The molecule has 0 heterocycles. The Morgan fingerprint density at radius 2 is 0.548 bits per heavy atom. The van der Waals surface area contributed by atoms with Crippen molar-refractivity contribution in [3.63, 3.8) is 0 Å². The molecule has 0 aromatic carbocycles. The van der Waals surface area contributed by atoms with Gasteiger partial charge < -0.3 is 33.8 Å². The second kappa shape index (κ2) is 64.7. The van der Waals surface area contributed by atoms with E-state index in [-0.39, 0.29) is 25.7 Å². The topological polar surface area (TPSA) is 237 Å². The van der Waals surface area contributed by atoms with Crippen LogP contribution in [0.15, 0.2) is 0 Å². The average Bonchev–Trinajstić information content (AvgIpc) is 1.98. The van der Waals surface area contributed by atoms with Gasteiger partial charge in [0.1, 0.15) is 19.3 Å². The highest BCUT2D eigenvalue weighted by Gasteiger charge is 2.30. The number of phosphoric acid groups is 2. The zero-order valence-corrected chi connectivity index (χ0v) is 62.5. The Morgan fingerprint density at radius 3 is 0.817 bits per heavy atom. The molecule has 0 aliphatic rings. The number of rotatable bonds is 72. The minimum absolute atomic E-state index is 0.105. The van der Waals surface area contributed by atoms with Gasteiger partial charge in [-0.05, 0) is 43.4 Å². The number of carbonyl (C=O) groups is 4. The van der Waals surface area contributed by atoms with E-state index in [0.29, 0.717) is 31.6 Å². The normalized spacial score (nSPS) is 14.4. The van der Waals surface area contributed by atoms with Gasteiger partial charge in [0.05, 0.1) is 26.4 Å². The summed E-state index contributed by atoms with van der Waals surface area (Å²) in [6.45, 7) is 11.9. The van der Waals surface area contributed by atoms with Crippen LogP contribution in [0.3, 0.4) is 0 Å². The van der Waals surface area contributed by atoms with E-state index in [1.807, 2.05) is 0 Å². The summed E-state index contributed by atoms with van der Waals surface area (Å²) < 4.78 is 68.5. The molecule has 0 aromatic rings. The lowest BCUT2D eigenvalue weighted by Crippen LogP contribution is -2.30. The third kappa shape index (κ3) is 67.0. The van der Waals surface area contributed by atoms with Crippen LogP contribution < -0.4 is 0 Å². The summed E-state index contributed by atoms with van der Waals surface area (Å²) in [4.78, 5) is 72.7. The molecule has 0 fully saturated rings. The number of phosphoric ester groups is 2. The van der Waals surface area contributed by atoms with Gasteiger partial charge in [0, 0.05) is 25.7 Å². The Labute approximate surface area is 568 Å². The van der Waals surface area contributed by atoms with Gasteiger partial charge in [-0.25, -0.2) is 9.13 Å². The summed E-state index contributed by atoms with van der Waals surface area (Å²) in [6.07, 6.45) is 49.9. The van der Waals surface area contributed by atoms with Crippen LogP contribution in [-0.2, 0) is 65.4 Å². The summed E-state index contributed by atoms with van der Waals surface area (Å²) >= 11 is 0. The van der Waals surface area contributed by atoms with Crippen molar-refractivity contribution in [3.8, 4) is 0 Å². The SMILES string of the molecule is CCCCCCCCCCCCCCCCCC(=O)O[C@H](COC(=O)CCCCCCCCCCCCCC(C)C)COP(=O)(O)OC[C@@H](O)COP(=O)(O)OC[C@@H](COC(=O)CCCCCCCCCC(C)C)OC(=O)CCCCCCCCCCCCC(C)CC. The molecule has 93 heavy (non-hydrogen) atoms. The second-order valence-electron chi connectivity index (χ2n) is 27.9. The monoisotopic (exact) mass is 1370 g/mol. The Morgan fingerprint density at radius 1 is 0.312 bits per heavy atom. The van der Waals surface area contributed by atoms with Gasteiger partial charge in [-0.3, -0.25) is 37.3 Å². The van der Waals surface area contributed by atoms with Crippen molar-refractivity contribution in [1.82, 2.24) is 0 Å². The highest BCUT2D eigenvalue weighted by molar-refractivity contribution is 7.47. The largest absolute Gasteiger partial charge is 0.472 e. The van der Waals surface area contributed by atoms with E-state index in [9.17, 15) is 43.2 Å². The summed E-state index contributed by atoms with van der Waals surface area (Å²) in [6, 6.07) is 0. The van der Waals surface area contributed by atoms with Gasteiger partial charge in [0.2, 0.25) is 0 Å². The Balaban J connectivity index is 5.26. The number of aliphatic hydroxyl groups excluding tert-OH is 1. The standard InChI is InChI=1S/C74H144O17P2/c1-8-10-11-12-13-14-15-16-17-18-21-28-35-43-50-57-73(78)90-69(61-84-71(76)55-48-41-34-27-22-19-20-25-31-38-45-52-65(3)4)63-88-92(80,81)86-59-68(75)60-87-93(82,83)89-64-70(62-85-72(77)56-49-42-37-30-32-39-46-53-66(5)6)91-74(79)58-51-44-36-29-24-23-26-33-40-47-54-67(7)9-2/h65-70,75H,8-64H2,1-7H3,(H,80,81)(H,82,83)/t67?,68-,69-,70-/m1/s1. The molecule has 17 nitrogen and oxygen atoms in total. The molecule has 3 N–H and O–H groups in total. The van der Waals surface area contributed by atoms with Crippen LogP contribution in [0.1, 0.15) is 376 Å². The first-order valence-corrected chi connectivity index (χ1v) is 41.4. The molecular weight excluding hydrogens is 1220 g/mol. The molecule has 0 aliphatic carbocycles. The molecule has 0 bridgehead atoms. The molecule has 3 unspecified atom stereocenters. The Kier molecular flexibility index (Phi) is 63.4. The van der Waals surface area contributed by atoms with E-state index < -0.39 is 97.5 Å². The predicted octanol–water partition coefficient (Wildman–Crippen LogP) is 21.4. The highest BCUT2D eigenvalue weighted by atomic mass is 31.2. The number of unbranched alkanes of at least 4 members (excludes halogenated alkanes) is 39. The second-order valence-corrected chi connectivity index (χ2v) is 30.8. The van der Waals surface area contributed by atoms with E-state index in [0.717, 1.165) is 108 Å². The van der Waals surface area contributed by atoms with Crippen molar-refractivity contribution in [2.75, 3.05) is 39.6 Å². The van der Waals surface area contributed by atoms with E-state index in [1.54, 1.807) is 0 Å². The summed E-state index contributed by atoms with van der Waals surface area (Å²) in [5, 5.41) is 10.6. The number of aliphatic hydroxyl groups is 1. The first kappa shape index (κ1) is 91.1. The van der Waals surface area contributed by atoms with Gasteiger partial charge in [0.25, 0.3) is 0 Å². The number of hydrogen-bond donors (Lipinski definition) is 3. The lowest BCUT2D eigenvalue weighted by Gasteiger charge is -2.21. The molecule has 19 heteroatoms. The van der Waals surface area contributed by atoms with Crippen molar-refractivity contribution in [1.29, 1.82) is 0 Å². The summed E-state index contributed by atoms with van der Waals surface area (Å²) in [5.74, 6) is 0.159. The lowest BCUT2D eigenvalue weighted by atomic mass is 9.99. The molecule has 0 saturated heterocycles. The number of ether oxygens (including phenoxy) is 4. The molecular formula is C74H144O17P2.